The highest BCUT2D eigenvalue weighted by Gasteiger charge is 2.20. The monoisotopic (exact) mass is 212 g/mol. The molecule has 1 atom stereocenters. The number of likely N-dealkylation sites (N-methyl/N-ethyl adjacent to an activating group) is 1. The molecule has 0 aromatic heterocycles. The van der Waals surface area contributed by atoms with Crippen LogP contribution < -0.4 is 5.32 Å². The van der Waals surface area contributed by atoms with Gasteiger partial charge < -0.3 is 10.2 Å². The highest BCUT2D eigenvalue weighted by Crippen LogP contribution is 2.27. The van der Waals surface area contributed by atoms with Crippen LogP contribution in [0.5, 0.6) is 0 Å². The number of nitrogens with zero attached hydrogens (tertiary/aromatic N) is 1. The zero-order chi connectivity index (χ0) is 11.3. The molecule has 1 aliphatic carbocycles. The average Bonchev–Trinajstić information content (AvgIpc) is 2.70. The molecule has 1 N–H and O–H groups in total. The van der Waals surface area contributed by atoms with Gasteiger partial charge in [0.1, 0.15) is 0 Å². The molecule has 2 nitrogen and oxygen atoms in total. The molecule has 0 saturated heterocycles. The lowest BCUT2D eigenvalue weighted by Gasteiger charge is -2.24. The predicted octanol–water partition coefficient (Wildman–Crippen LogP) is 2.49. The average molecular weight is 212 g/mol. The van der Waals surface area contributed by atoms with Gasteiger partial charge in [0.2, 0.25) is 0 Å². The second-order valence-electron chi connectivity index (χ2n) is 5.36. The van der Waals surface area contributed by atoms with Crippen molar-refractivity contribution in [1.29, 1.82) is 0 Å². The van der Waals surface area contributed by atoms with Crippen molar-refractivity contribution in [2.75, 3.05) is 20.1 Å². The Balaban J connectivity index is 2.08. The summed E-state index contributed by atoms with van der Waals surface area (Å²) in [6.07, 6.45) is 5.77. The van der Waals surface area contributed by atoms with Crippen LogP contribution in [0.3, 0.4) is 0 Å². The van der Waals surface area contributed by atoms with Gasteiger partial charge in [-0.25, -0.2) is 0 Å². The van der Waals surface area contributed by atoms with Gasteiger partial charge in [-0.1, -0.05) is 12.8 Å². The molecule has 1 aliphatic rings. The standard InChI is InChI=1S/C13H28N2/c1-11(2)15(4)10-9-14-12(3)13-7-5-6-8-13/h11-14H,5-10H2,1-4H3. The van der Waals surface area contributed by atoms with E-state index in [9.17, 15) is 0 Å². The van der Waals surface area contributed by atoms with Crippen molar-refractivity contribution in [1.82, 2.24) is 10.2 Å². The highest BCUT2D eigenvalue weighted by atomic mass is 15.1. The van der Waals surface area contributed by atoms with Gasteiger partial charge in [0, 0.05) is 25.2 Å². The van der Waals surface area contributed by atoms with E-state index in [0.717, 1.165) is 19.0 Å². The van der Waals surface area contributed by atoms with E-state index in [1.165, 1.54) is 25.7 Å². The molecule has 15 heavy (non-hydrogen) atoms. The van der Waals surface area contributed by atoms with Crippen LogP contribution >= 0.6 is 0 Å². The number of nitrogens with one attached hydrogen (secondary N) is 1. The Hall–Kier alpha value is -0.0800. The summed E-state index contributed by atoms with van der Waals surface area (Å²) in [6.45, 7) is 9.15. The Kier molecular flexibility index (Phi) is 5.62. The minimum atomic E-state index is 0.661. The van der Waals surface area contributed by atoms with Gasteiger partial charge in [0.05, 0.1) is 0 Å². The van der Waals surface area contributed by atoms with Crippen LogP contribution in [0, 0.1) is 5.92 Å². The summed E-state index contributed by atoms with van der Waals surface area (Å²) in [5.74, 6) is 0.939. The minimum Gasteiger partial charge on any atom is -0.313 e. The van der Waals surface area contributed by atoms with Gasteiger partial charge in [-0.15, -0.1) is 0 Å². The third-order valence-electron chi connectivity index (χ3n) is 3.92. The molecule has 1 unspecified atom stereocenters. The van der Waals surface area contributed by atoms with Crippen LogP contribution in [-0.2, 0) is 0 Å². The lowest BCUT2D eigenvalue weighted by molar-refractivity contribution is 0.262. The van der Waals surface area contributed by atoms with Gasteiger partial charge >= 0.3 is 0 Å². The van der Waals surface area contributed by atoms with Crippen LogP contribution in [0.4, 0.5) is 0 Å². The van der Waals surface area contributed by atoms with E-state index in [1.54, 1.807) is 0 Å². The van der Waals surface area contributed by atoms with E-state index < -0.39 is 0 Å². The van der Waals surface area contributed by atoms with Crippen LogP contribution in [0.15, 0.2) is 0 Å². The second-order valence-corrected chi connectivity index (χ2v) is 5.36. The van der Waals surface area contributed by atoms with Crippen molar-refractivity contribution >= 4 is 0 Å². The maximum atomic E-state index is 3.67. The minimum absolute atomic E-state index is 0.661. The molecule has 0 spiro atoms. The molecule has 1 fully saturated rings. The van der Waals surface area contributed by atoms with Crippen molar-refractivity contribution in [3.8, 4) is 0 Å². The molecular weight excluding hydrogens is 184 g/mol. The smallest absolute Gasteiger partial charge is 0.0107 e. The lowest BCUT2D eigenvalue weighted by Crippen LogP contribution is -2.39. The Morgan fingerprint density at radius 3 is 2.33 bits per heavy atom. The topological polar surface area (TPSA) is 15.3 Å². The van der Waals surface area contributed by atoms with Gasteiger partial charge in [-0.2, -0.15) is 0 Å². The zero-order valence-corrected chi connectivity index (χ0v) is 10.9. The molecule has 90 valence electrons. The summed E-state index contributed by atoms with van der Waals surface area (Å²) in [5.41, 5.74) is 0. The molecule has 0 amide bonds. The first-order chi connectivity index (χ1) is 7.11. The first-order valence-electron chi connectivity index (χ1n) is 6.55. The number of hydrogen-bond acceptors (Lipinski definition) is 2. The fourth-order valence-corrected chi connectivity index (χ4v) is 2.35. The first kappa shape index (κ1) is 13.0. The molecule has 0 aliphatic heterocycles. The summed E-state index contributed by atoms with van der Waals surface area (Å²) >= 11 is 0. The van der Waals surface area contributed by atoms with Crippen LogP contribution in [0.2, 0.25) is 0 Å². The SMILES string of the molecule is CC(NCCN(C)C(C)C)C1CCCC1. The van der Waals surface area contributed by atoms with E-state index in [2.05, 4.69) is 38.0 Å². The van der Waals surface area contributed by atoms with Crippen molar-refractivity contribution in [3.63, 3.8) is 0 Å². The molecule has 0 aromatic carbocycles. The molecule has 0 aromatic rings. The fraction of sp³-hybridized carbons (Fsp3) is 1.00. The molecule has 0 radical (unpaired) electrons. The Morgan fingerprint density at radius 2 is 1.80 bits per heavy atom. The molecule has 0 heterocycles. The maximum Gasteiger partial charge on any atom is 0.0107 e. The normalized spacial score (nSPS) is 20.4. The lowest BCUT2D eigenvalue weighted by atomic mass is 10.00. The summed E-state index contributed by atoms with van der Waals surface area (Å²) in [4.78, 5) is 2.40. The summed E-state index contributed by atoms with van der Waals surface area (Å²) in [7, 11) is 2.20. The van der Waals surface area contributed by atoms with Crippen molar-refractivity contribution < 1.29 is 0 Å². The number of rotatable bonds is 6. The third-order valence-corrected chi connectivity index (χ3v) is 3.92. The first-order valence-corrected chi connectivity index (χ1v) is 6.55. The number of hydrogen-bond donors (Lipinski definition) is 1. The highest BCUT2D eigenvalue weighted by molar-refractivity contribution is 4.77. The largest absolute Gasteiger partial charge is 0.313 e. The van der Waals surface area contributed by atoms with Gasteiger partial charge in [0.15, 0.2) is 0 Å². The van der Waals surface area contributed by atoms with E-state index in [4.69, 9.17) is 0 Å². The van der Waals surface area contributed by atoms with E-state index in [0.29, 0.717) is 12.1 Å². The van der Waals surface area contributed by atoms with Gasteiger partial charge in [-0.3, -0.25) is 0 Å². The van der Waals surface area contributed by atoms with Gasteiger partial charge in [0.25, 0.3) is 0 Å². The van der Waals surface area contributed by atoms with Crippen molar-refractivity contribution in [2.45, 2.75) is 58.5 Å². The molecule has 2 heteroatoms. The van der Waals surface area contributed by atoms with Gasteiger partial charge in [-0.05, 0) is 46.6 Å². The Labute approximate surface area is 95.4 Å². The van der Waals surface area contributed by atoms with Crippen molar-refractivity contribution in [3.05, 3.63) is 0 Å². The predicted molar refractivity (Wildman–Crippen MR) is 67.2 cm³/mol. The zero-order valence-electron chi connectivity index (χ0n) is 10.9. The third kappa shape index (κ3) is 4.52. The van der Waals surface area contributed by atoms with Crippen LogP contribution in [0.25, 0.3) is 0 Å². The summed E-state index contributed by atoms with van der Waals surface area (Å²) < 4.78 is 0. The van der Waals surface area contributed by atoms with Crippen LogP contribution in [-0.4, -0.2) is 37.1 Å². The summed E-state index contributed by atoms with van der Waals surface area (Å²) in [5, 5.41) is 3.67. The second kappa shape index (κ2) is 6.49. The molecule has 0 bridgehead atoms. The fourth-order valence-electron chi connectivity index (χ4n) is 2.35. The Bertz CT molecular complexity index is 162. The van der Waals surface area contributed by atoms with E-state index >= 15 is 0 Å². The van der Waals surface area contributed by atoms with Crippen molar-refractivity contribution in [2.24, 2.45) is 5.92 Å². The Morgan fingerprint density at radius 1 is 1.20 bits per heavy atom. The molecule has 1 saturated carbocycles. The molecule has 1 rings (SSSR count). The van der Waals surface area contributed by atoms with E-state index in [-0.39, 0.29) is 0 Å². The maximum absolute atomic E-state index is 3.67. The quantitative estimate of drug-likeness (QED) is 0.728. The molecular formula is C13H28N2. The van der Waals surface area contributed by atoms with E-state index in [1.807, 2.05) is 0 Å². The van der Waals surface area contributed by atoms with Crippen LogP contribution in [0.1, 0.15) is 46.5 Å². The summed E-state index contributed by atoms with van der Waals surface area (Å²) in [6, 6.07) is 1.38.